The molecule has 0 aliphatic heterocycles. The number of rotatable bonds is 5. The maximum atomic E-state index is 11.3. The molecule has 1 N–H and O–H groups in total. The van der Waals surface area contributed by atoms with Gasteiger partial charge in [-0.2, -0.15) is 4.98 Å². The fourth-order valence-electron chi connectivity index (χ4n) is 1.87. The molecule has 3 aromatic rings. The van der Waals surface area contributed by atoms with Gasteiger partial charge in [0.05, 0.1) is 17.0 Å². The van der Waals surface area contributed by atoms with E-state index in [1.807, 2.05) is 25.1 Å². The molecule has 0 atom stereocenters. The summed E-state index contributed by atoms with van der Waals surface area (Å²) in [4.78, 5) is 21.7. The summed E-state index contributed by atoms with van der Waals surface area (Å²) in [6, 6.07) is 5.74. The zero-order valence-electron chi connectivity index (χ0n) is 12.2. The van der Waals surface area contributed by atoms with Gasteiger partial charge < -0.3 is 9.84 Å². The van der Waals surface area contributed by atoms with E-state index in [4.69, 9.17) is 4.52 Å². The van der Waals surface area contributed by atoms with Gasteiger partial charge in [0.2, 0.25) is 11.7 Å². The Balaban J connectivity index is 1.76. The molecule has 0 unspecified atom stereocenters. The lowest BCUT2D eigenvalue weighted by atomic mass is 10.3. The van der Waals surface area contributed by atoms with Crippen molar-refractivity contribution in [3.63, 3.8) is 0 Å². The van der Waals surface area contributed by atoms with Crippen molar-refractivity contribution in [2.45, 2.75) is 19.9 Å². The predicted octanol–water partition coefficient (Wildman–Crippen LogP) is 3.65. The van der Waals surface area contributed by atoms with E-state index in [0.29, 0.717) is 24.7 Å². The number of pyridine rings is 1. The zero-order chi connectivity index (χ0) is 16.2. The molecule has 0 aliphatic carbocycles. The molecule has 118 valence electrons. The third-order valence-corrected chi connectivity index (χ3v) is 4.56. The predicted molar refractivity (Wildman–Crippen MR) is 90.7 cm³/mol. The lowest BCUT2D eigenvalue weighted by molar-refractivity contribution is -0.120. The van der Waals surface area contributed by atoms with Crippen LogP contribution in [0.25, 0.3) is 22.2 Å². The number of halogens is 1. The van der Waals surface area contributed by atoms with Crippen LogP contribution in [0.2, 0.25) is 0 Å². The van der Waals surface area contributed by atoms with Crippen LogP contribution in [0.1, 0.15) is 18.2 Å². The van der Waals surface area contributed by atoms with Crippen LogP contribution in [0.4, 0.5) is 0 Å². The maximum Gasteiger partial charge on any atom is 0.259 e. The van der Waals surface area contributed by atoms with Crippen LogP contribution in [0.3, 0.4) is 0 Å². The quantitative estimate of drug-likeness (QED) is 0.716. The van der Waals surface area contributed by atoms with E-state index in [1.165, 1.54) is 11.3 Å². The van der Waals surface area contributed by atoms with Crippen LogP contribution >= 0.6 is 27.3 Å². The number of carbonyl (C=O) groups is 1. The monoisotopic (exact) mass is 392 g/mol. The Morgan fingerprint density at radius 3 is 3.04 bits per heavy atom. The van der Waals surface area contributed by atoms with E-state index >= 15 is 0 Å². The van der Waals surface area contributed by atoms with Gasteiger partial charge in [-0.15, -0.1) is 11.3 Å². The molecular weight excluding hydrogens is 380 g/mol. The Morgan fingerprint density at radius 2 is 2.26 bits per heavy atom. The molecule has 0 saturated carbocycles. The first kappa shape index (κ1) is 15.8. The first-order valence-electron chi connectivity index (χ1n) is 6.96. The largest absolute Gasteiger partial charge is 0.351 e. The van der Waals surface area contributed by atoms with Crippen LogP contribution < -0.4 is 5.32 Å². The molecule has 0 fully saturated rings. The maximum absolute atomic E-state index is 11.3. The fraction of sp³-hybridized carbons (Fsp3) is 0.200. The Bertz CT molecular complexity index is 830. The van der Waals surface area contributed by atoms with Gasteiger partial charge in [0.15, 0.2) is 0 Å². The van der Waals surface area contributed by atoms with Crippen LogP contribution in [0.15, 0.2) is 39.6 Å². The van der Waals surface area contributed by atoms with Crippen molar-refractivity contribution in [2.24, 2.45) is 0 Å². The number of nitrogens with one attached hydrogen (secondary N) is 1. The normalized spacial score (nSPS) is 10.7. The topological polar surface area (TPSA) is 80.9 Å². The highest BCUT2D eigenvalue weighted by atomic mass is 79.9. The van der Waals surface area contributed by atoms with E-state index in [1.54, 1.807) is 12.4 Å². The standard InChI is InChI=1S/C15H13BrN4O2S/c1-2-13(21)18-8-11-3-4-12(23-11)14-19-15(22-20-14)9-5-10(16)7-17-6-9/h3-7H,2,8H2,1H3,(H,18,21). The molecule has 0 saturated heterocycles. The molecule has 0 spiro atoms. The highest BCUT2D eigenvalue weighted by molar-refractivity contribution is 9.10. The first-order valence-corrected chi connectivity index (χ1v) is 8.57. The number of hydrogen-bond donors (Lipinski definition) is 1. The smallest absolute Gasteiger partial charge is 0.259 e. The summed E-state index contributed by atoms with van der Waals surface area (Å²) in [5, 5.41) is 6.86. The van der Waals surface area contributed by atoms with Crippen molar-refractivity contribution in [3.05, 3.63) is 39.9 Å². The van der Waals surface area contributed by atoms with Gasteiger partial charge in [0, 0.05) is 28.2 Å². The summed E-state index contributed by atoms with van der Waals surface area (Å²) in [6.07, 6.45) is 3.84. The molecule has 1 amide bonds. The highest BCUT2D eigenvalue weighted by Crippen LogP contribution is 2.28. The molecule has 23 heavy (non-hydrogen) atoms. The van der Waals surface area contributed by atoms with Crippen molar-refractivity contribution in [2.75, 3.05) is 0 Å². The number of hydrogen-bond acceptors (Lipinski definition) is 6. The molecule has 6 nitrogen and oxygen atoms in total. The van der Waals surface area contributed by atoms with Crippen molar-refractivity contribution in [1.82, 2.24) is 20.4 Å². The van der Waals surface area contributed by atoms with E-state index < -0.39 is 0 Å². The average Bonchev–Trinajstić information content (AvgIpc) is 3.21. The molecule has 3 rings (SSSR count). The van der Waals surface area contributed by atoms with Gasteiger partial charge in [-0.25, -0.2) is 0 Å². The zero-order valence-corrected chi connectivity index (χ0v) is 14.6. The van der Waals surface area contributed by atoms with Gasteiger partial charge in [0.1, 0.15) is 0 Å². The summed E-state index contributed by atoms with van der Waals surface area (Å²) in [5.74, 6) is 0.977. The molecule has 0 bridgehead atoms. The molecule has 0 radical (unpaired) electrons. The third-order valence-electron chi connectivity index (χ3n) is 3.04. The third kappa shape index (κ3) is 3.83. The fourth-order valence-corrected chi connectivity index (χ4v) is 3.11. The van der Waals surface area contributed by atoms with Crippen molar-refractivity contribution in [3.8, 4) is 22.2 Å². The average molecular weight is 393 g/mol. The SMILES string of the molecule is CCC(=O)NCc1ccc(-c2noc(-c3cncc(Br)c3)n2)s1. The van der Waals surface area contributed by atoms with Crippen LogP contribution in [0.5, 0.6) is 0 Å². The molecular formula is C15H13BrN4O2S. The number of carbonyl (C=O) groups excluding carboxylic acids is 1. The number of aromatic nitrogens is 3. The number of nitrogens with zero attached hydrogens (tertiary/aromatic N) is 3. The van der Waals surface area contributed by atoms with Gasteiger partial charge in [-0.1, -0.05) is 12.1 Å². The van der Waals surface area contributed by atoms with E-state index in [9.17, 15) is 4.79 Å². The molecule has 0 aromatic carbocycles. The van der Waals surface area contributed by atoms with E-state index in [-0.39, 0.29) is 5.91 Å². The summed E-state index contributed by atoms with van der Waals surface area (Å²) in [7, 11) is 0. The number of thiophene rings is 1. The molecule has 0 aliphatic rings. The molecule has 8 heteroatoms. The minimum atomic E-state index is 0.0314. The molecule has 3 heterocycles. The molecule has 3 aromatic heterocycles. The van der Waals surface area contributed by atoms with Crippen LogP contribution in [-0.4, -0.2) is 21.0 Å². The minimum Gasteiger partial charge on any atom is -0.351 e. The Kier molecular flexibility index (Phi) is 4.82. The second-order valence-electron chi connectivity index (χ2n) is 4.71. The van der Waals surface area contributed by atoms with Crippen molar-refractivity contribution in [1.29, 1.82) is 0 Å². The summed E-state index contributed by atoms with van der Waals surface area (Å²) >= 11 is 4.89. The van der Waals surface area contributed by atoms with Gasteiger partial charge >= 0.3 is 0 Å². The minimum absolute atomic E-state index is 0.0314. The lowest BCUT2D eigenvalue weighted by Crippen LogP contribution is -2.20. The van der Waals surface area contributed by atoms with Crippen molar-refractivity contribution >= 4 is 33.2 Å². The van der Waals surface area contributed by atoms with Crippen LogP contribution in [0, 0.1) is 0 Å². The summed E-state index contributed by atoms with van der Waals surface area (Å²) < 4.78 is 6.15. The lowest BCUT2D eigenvalue weighted by Gasteiger charge is -1.99. The van der Waals surface area contributed by atoms with E-state index in [2.05, 4.69) is 36.4 Å². The second-order valence-corrected chi connectivity index (χ2v) is 6.80. The van der Waals surface area contributed by atoms with E-state index in [0.717, 1.165) is 19.8 Å². The van der Waals surface area contributed by atoms with Crippen molar-refractivity contribution < 1.29 is 9.32 Å². The van der Waals surface area contributed by atoms with Gasteiger partial charge in [-0.3, -0.25) is 9.78 Å². The first-order chi connectivity index (χ1) is 11.2. The van der Waals surface area contributed by atoms with Crippen LogP contribution in [-0.2, 0) is 11.3 Å². The summed E-state index contributed by atoms with van der Waals surface area (Å²) in [5.41, 5.74) is 0.755. The van der Waals surface area contributed by atoms with Gasteiger partial charge in [0.25, 0.3) is 5.89 Å². The highest BCUT2D eigenvalue weighted by Gasteiger charge is 2.13. The Morgan fingerprint density at radius 1 is 1.39 bits per heavy atom. The summed E-state index contributed by atoms with van der Waals surface area (Å²) in [6.45, 7) is 2.34. The van der Waals surface area contributed by atoms with Gasteiger partial charge in [-0.05, 0) is 34.1 Å². The Labute approximate surface area is 145 Å². The Hall–Kier alpha value is -2.06. The second kappa shape index (κ2) is 7.01. The number of amides is 1.